The molecule has 0 unspecified atom stereocenters. The average Bonchev–Trinajstić information content (AvgIpc) is 3.35. The third kappa shape index (κ3) is 6.06. The molecule has 0 fully saturated rings. The molecule has 2 amide bonds. The van der Waals surface area contributed by atoms with Gasteiger partial charge >= 0.3 is 0 Å². The molecule has 0 saturated carbocycles. The fraction of sp³-hybridized carbons (Fsp3) is 0.233. The molecule has 0 aliphatic rings. The molecule has 4 aromatic rings. The quantitative estimate of drug-likeness (QED) is 0.271. The maximum Gasteiger partial charge on any atom is 0.255 e. The van der Waals surface area contributed by atoms with Crippen LogP contribution < -0.4 is 10.1 Å². The number of ether oxygens (including phenoxy) is 1. The van der Waals surface area contributed by atoms with Gasteiger partial charge in [0.05, 0.1) is 23.4 Å². The highest BCUT2D eigenvalue weighted by Gasteiger charge is 2.21. The van der Waals surface area contributed by atoms with Gasteiger partial charge in [0.25, 0.3) is 5.91 Å². The van der Waals surface area contributed by atoms with Crippen LogP contribution in [0.2, 0.25) is 5.02 Å². The maximum atomic E-state index is 13.2. The van der Waals surface area contributed by atoms with Crippen molar-refractivity contribution >= 4 is 29.4 Å². The first-order chi connectivity index (χ1) is 18.3. The number of anilines is 1. The predicted octanol–water partition coefficient (Wildman–Crippen LogP) is 6.43. The number of methoxy groups -OCH3 is 1. The zero-order valence-corrected chi connectivity index (χ0v) is 22.7. The van der Waals surface area contributed by atoms with Gasteiger partial charge in [0.15, 0.2) is 0 Å². The van der Waals surface area contributed by atoms with Crippen molar-refractivity contribution in [2.24, 2.45) is 0 Å². The monoisotopic (exact) mass is 530 g/mol. The van der Waals surface area contributed by atoms with E-state index in [0.29, 0.717) is 34.7 Å². The minimum atomic E-state index is -0.362. The molecule has 1 heterocycles. The lowest BCUT2D eigenvalue weighted by molar-refractivity contribution is -0.116. The van der Waals surface area contributed by atoms with Gasteiger partial charge in [-0.05, 0) is 66.9 Å². The first-order valence-corrected chi connectivity index (χ1v) is 12.9. The number of amides is 2. The van der Waals surface area contributed by atoms with Crippen molar-refractivity contribution < 1.29 is 14.3 Å². The Morgan fingerprint density at radius 3 is 2.32 bits per heavy atom. The zero-order valence-electron chi connectivity index (χ0n) is 21.9. The van der Waals surface area contributed by atoms with Gasteiger partial charge in [-0.1, -0.05) is 49.7 Å². The number of hydrogen-bond acceptors (Lipinski definition) is 4. The fourth-order valence-corrected chi connectivity index (χ4v) is 4.27. The molecule has 1 aromatic heterocycles. The third-order valence-electron chi connectivity index (χ3n) is 6.29. The molecule has 38 heavy (non-hydrogen) atoms. The lowest BCUT2D eigenvalue weighted by atomic mass is 10.0. The lowest BCUT2D eigenvalue weighted by Crippen LogP contribution is -2.38. The summed E-state index contributed by atoms with van der Waals surface area (Å²) in [5.41, 5.74) is 4.00. The van der Waals surface area contributed by atoms with Gasteiger partial charge in [-0.15, -0.1) is 0 Å². The Kier molecular flexibility index (Phi) is 8.48. The average molecular weight is 531 g/mol. The summed E-state index contributed by atoms with van der Waals surface area (Å²) in [7, 11) is 1.62. The van der Waals surface area contributed by atoms with Crippen LogP contribution in [0.4, 0.5) is 5.95 Å². The maximum absolute atomic E-state index is 13.2. The number of halogens is 1. The van der Waals surface area contributed by atoms with Crippen LogP contribution in [0.1, 0.15) is 42.6 Å². The first-order valence-electron chi connectivity index (χ1n) is 12.5. The van der Waals surface area contributed by atoms with Crippen LogP contribution in [-0.4, -0.2) is 46.5 Å². The van der Waals surface area contributed by atoms with Crippen LogP contribution in [0.3, 0.4) is 0 Å². The summed E-state index contributed by atoms with van der Waals surface area (Å²) in [6.07, 6.45) is 1.88. The van der Waals surface area contributed by atoms with Crippen LogP contribution in [0.25, 0.3) is 16.9 Å². The summed E-state index contributed by atoms with van der Waals surface area (Å²) >= 11 is 6.22. The highest BCUT2D eigenvalue weighted by atomic mass is 35.5. The minimum Gasteiger partial charge on any atom is -0.497 e. The number of nitrogens with zero attached hydrogens (tertiary/aromatic N) is 3. The smallest absolute Gasteiger partial charge is 0.255 e. The summed E-state index contributed by atoms with van der Waals surface area (Å²) in [6, 6.07) is 22.5. The van der Waals surface area contributed by atoms with Crippen LogP contribution in [0.5, 0.6) is 5.75 Å². The number of benzene rings is 3. The summed E-state index contributed by atoms with van der Waals surface area (Å²) < 4.78 is 7.11. The molecule has 196 valence electrons. The Bertz CT molecular complexity index is 1410. The van der Waals surface area contributed by atoms with Gasteiger partial charge in [-0.2, -0.15) is 0 Å². The molecule has 8 heteroatoms. The standard InChI is InChI=1S/C30H31ClN4O3/c1-5-34(29(37)25-8-6-7-9-26(25)31)19-28(36)33-30-32-27(22-12-16-24(38-4)17-13-22)18-35(30)23-14-10-21(11-15-23)20(2)3/h6-18,20H,5,19H2,1-4H3,(H,32,33,36). The number of carbonyl (C=O) groups excluding carboxylic acids is 2. The predicted molar refractivity (Wildman–Crippen MR) is 151 cm³/mol. The van der Waals surface area contributed by atoms with E-state index in [1.54, 1.807) is 31.4 Å². The minimum absolute atomic E-state index is 0.141. The van der Waals surface area contributed by atoms with E-state index in [0.717, 1.165) is 17.0 Å². The molecular weight excluding hydrogens is 500 g/mol. The van der Waals surface area contributed by atoms with Crippen LogP contribution in [0.15, 0.2) is 79.0 Å². The highest BCUT2D eigenvalue weighted by molar-refractivity contribution is 6.33. The summed E-state index contributed by atoms with van der Waals surface area (Å²) in [4.78, 5) is 32.4. The van der Waals surface area contributed by atoms with Crippen molar-refractivity contribution in [2.45, 2.75) is 26.7 Å². The van der Waals surface area contributed by atoms with Crippen molar-refractivity contribution in [2.75, 3.05) is 25.5 Å². The Balaban J connectivity index is 1.62. The van der Waals surface area contributed by atoms with Gasteiger partial charge in [0.1, 0.15) is 12.3 Å². The molecule has 0 aliphatic heterocycles. The Morgan fingerprint density at radius 2 is 1.71 bits per heavy atom. The number of nitrogens with one attached hydrogen (secondary N) is 1. The highest BCUT2D eigenvalue weighted by Crippen LogP contribution is 2.27. The number of imidazole rings is 1. The van der Waals surface area contributed by atoms with Gasteiger partial charge in [0, 0.05) is 24.0 Å². The van der Waals surface area contributed by atoms with E-state index in [4.69, 9.17) is 21.3 Å². The molecule has 1 N–H and O–H groups in total. The van der Waals surface area contributed by atoms with E-state index in [9.17, 15) is 9.59 Å². The molecule has 0 saturated heterocycles. The molecule has 4 rings (SSSR count). The Labute approximate surface area is 228 Å². The largest absolute Gasteiger partial charge is 0.497 e. The van der Waals surface area contributed by atoms with Gasteiger partial charge in [-0.3, -0.25) is 19.5 Å². The normalized spacial score (nSPS) is 10.9. The van der Waals surface area contributed by atoms with Crippen molar-refractivity contribution in [3.63, 3.8) is 0 Å². The second kappa shape index (κ2) is 12.0. The fourth-order valence-electron chi connectivity index (χ4n) is 4.06. The van der Waals surface area contributed by atoms with E-state index >= 15 is 0 Å². The molecule has 0 aliphatic carbocycles. The second-order valence-electron chi connectivity index (χ2n) is 9.14. The van der Waals surface area contributed by atoms with Crippen LogP contribution in [0, 0.1) is 0 Å². The van der Waals surface area contributed by atoms with Crippen molar-refractivity contribution in [3.8, 4) is 22.7 Å². The van der Waals surface area contributed by atoms with Gasteiger partial charge in [0.2, 0.25) is 11.9 Å². The second-order valence-corrected chi connectivity index (χ2v) is 9.55. The molecular formula is C30H31ClN4O3. The van der Waals surface area contributed by atoms with Crippen molar-refractivity contribution in [1.82, 2.24) is 14.5 Å². The van der Waals surface area contributed by atoms with E-state index in [2.05, 4.69) is 31.3 Å². The summed E-state index contributed by atoms with van der Waals surface area (Å²) in [6.45, 7) is 6.31. The van der Waals surface area contributed by atoms with Gasteiger partial charge < -0.3 is 9.64 Å². The molecule has 3 aromatic carbocycles. The molecule has 0 atom stereocenters. The van der Waals surface area contributed by atoms with Crippen molar-refractivity contribution in [1.29, 1.82) is 0 Å². The van der Waals surface area contributed by atoms with Crippen LogP contribution in [-0.2, 0) is 4.79 Å². The number of aromatic nitrogens is 2. The molecule has 0 radical (unpaired) electrons. The number of hydrogen-bond donors (Lipinski definition) is 1. The summed E-state index contributed by atoms with van der Waals surface area (Å²) in [5, 5.41) is 3.25. The SMILES string of the molecule is CCN(CC(=O)Nc1nc(-c2ccc(OC)cc2)cn1-c1ccc(C(C)C)cc1)C(=O)c1ccccc1Cl. The molecule has 0 spiro atoms. The Morgan fingerprint density at radius 1 is 1.03 bits per heavy atom. The lowest BCUT2D eigenvalue weighted by Gasteiger charge is -2.21. The van der Waals surface area contributed by atoms with E-state index in [-0.39, 0.29) is 18.4 Å². The van der Waals surface area contributed by atoms with E-state index in [1.165, 1.54) is 10.5 Å². The third-order valence-corrected chi connectivity index (χ3v) is 6.62. The van der Waals surface area contributed by atoms with Crippen LogP contribution >= 0.6 is 11.6 Å². The first kappa shape index (κ1) is 26.9. The molecule has 0 bridgehead atoms. The van der Waals surface area contributed by atoms with Gasteiger partial charge in [-0.25, -0.2) is 4.98 Å². The number of likely N-dealkylation sites (N-methyl/N-ethyl adjacent to an activating group) is 1. The van der Waals surface area contributed by atoms with E-state index in [1.807, 2.05) is 54.1 Å². The van der Waals surface area contributed by atoms with Crippen molar-refractivity contribution in [3.05, 3.63) is 95.1 Å². The number of carbonyl (C=O) groups is 2. The number of rotatable bonds is 9. The topological polar surface area (TPSA) is 76.5 Å². The van der Waals surface area contributed by atoms with E-state index < -0.39 is 0 Å². The zero-order chi connectivity index (χ0) is 27.2. The Hall–Kier alpha value is -4.10. The molecule has 7 nitrogen and oxygen atoms in total. The summed E-state index contributed by atoms with van der Waals surface area (Å²) in [5.74, 6) is 0.837.